The molecule has 0 radical (unpaired) electrons. The monoisotopic (exact) mass is 435 g/mol. The number of benzene rings is 1. The number of piperidine rings is 1. The zero-order valence-corrected chi connectivity index (χ0v) is 19.0. The van der Waals surface area contributed by atoms with E-state index in [0.29, 0.717) is 29.5 Å². The molecule has 170 valence electrons. The molecule has 7 heteroatoms. The molecule has 0 unspecified atom stereocenters. The smallest absolute Gasteiger partial charge is 0.262 e. The molecule has 1 N–H and O–H groups in total. The van der Waals surface area contributed by atoms with Gasteiger partial charge in [-0.2, -0.15) is 5.10 Å². The first-order valence-electron chi connectivity index (χ1n) is 12.2. The lowest BCUT2D eigenvalue weighted by atomic mass is 10.1. The summed E-state index contributed by atoms with van der Waals surface area (Å²) in [5, 5.41) is 5.43. The normalized spacial score (nSPS) is 17.9. The molecule has 32 heavy (non-hydrogen) atoms. The Labute approximate surface area is 188 Å². The first-order valence-corrected chi connectivity index (χ1v) is 12.2. The minimum Gasteiger partial charge on any atom is -0.492 e. The van der Waals surface area contributed by atoms with Crippen LogP contribution in [0, 0.1) is 0 Å². The average molecular weight is 436 g/mol. The lowest BCUT2D eigenvalue weighted by Crippen LogP contribution is -2.33. The van der Waals surface area contributed by atoms with E-state index in [1.807, 2.05) is 35.9 Å². The fourth-order valence-corrected chi connectivity index (χ4v) is 5.11. The Kier molecular flexibility index (Phi) is 6.26. The number of aromatic nitrogens is 4. The Morgan fingerprint density at radius 1 is 1.12 bits per heavy atom. The van der Waals surface area contributed by atoms with Crippen molar-refractivity contribution in [1.29, 1.82) is 0 Å². The van der Waals surface area contributed by atoms with E-state index >= 15 is 0 Å². The number of hydrogen-bond acceptors (Lipinski definition) is 5. The Balaban J connectivity index is 1.41. The van der Waals surface area contributed by atoms with Gasteiger partial charge in [-0.15, -0.1) is 0 Å². The van der Waals surface area contributed by atoms with Crippen molar-refractivity contribution in [2.45, 2.75) is 64.3 Å². The van der Waals surface area contributed by atoms with E-state index in [-0.39, 0.29) is 5.56 Å². The third-order valence-electron chi connectivity index (χ3n) is 6.87. The molecule has 5 rings (SSSR count). The van der Waals surface area contributed by atoms with Crippen molar-refractivity contribution in [1.82, 2.24) is 24.6 Å². The van der Waals surface area contributed by atoms with Gasteiger partial charge in [-0.25, -0.2) is 9.67 Å². The highest BCUT2D eigenvalue weighted by Crippen LogP contribution is 2.32. The molecule has 1 aliphatic heterocycles. The SMILES string of the molecule is CCc1nn(C2CCCC2)c2nc(-c3cccc(OCCN4CCCCC4)c3)[nH]c(=O)c12. The number of likely N-dealkylation sites (tertiary alicyclic amines) is 1. The number of ether oxygens (including phenoxy) is 1. The van der Waals surface area contributed by atoms with Crippen molar-refractivity contribution < 1.29 is 4.74 Å². The second-order valence-corrected chi connectivity index (χ2v) is 9.07. The molecular formula is C25H33N5O2. The van der Waals surface area contributed by atoms with Crippen molar-refractivity contribution in [3.63, 3.8) is 0 Å². The molecule has 1 saturated carbocycles. The summed E-state index contributed by atoms with van der Waals surface area (Å²) in [7, 11) is 0. The number of rotatable bonds is 7. The summed E-state index contributed by atoms with van der Waals surface area (Å²) < 4.78 is 8.05. The van der Waals surface area contributed by atoms with Gasteiger partial charge in [-0.1, -0.05) is 38.3 Å². The molecule has 0 bridgehead atoms. The zero-order chi connectivity index (χ0) is 21.9. The van der Waals surface area contributed by atoms with Crippen LogP contribution >= 0.6 is 0 Å². The Hall–Kier alpha value is -2.67. The van der Waals surface area contributed by atoms with E-state index in [9.17, 15) is 4.79 Å². The summed E-state index contributed by atoms with van der Waals surface area (Å²) in [5.74, 6) is 1.38. The molecule has 1 saturated heterocycles. The number of aryl methyl sites for hydroxylation is 1. The van der Waals surface area contributed by atoms with Gasteiger partial charge in [0.05, 0.1) is 11.7 Å². The summed E-state index contributed by atoms with van der Waals surface area (Å²) in [4.78, 5) is 23.4. The standard InChI is InChI=1S/C25H33N5O2/c1-2-21-22-24(30(28-21)19-10-4-5-11-19)26-23(27-25(22)31)18-9-8-12-20(17-18)32-16-15-29-13-6-3-7-14-29/h8-9,12,17,19H,2-7,10-11,13-16H2,1H3,(H,26,27,31). The molecular weight excluding hydrogens is 402 g/mol. The predicted molar refractivity (Wildman–Crippen MR) is 126 cm³/mol. The largest absolute Gasteiger partial charge is 0.492 e. The third-order valence-corrected chi connectivity index (χ3v) is 6.87. The Morgan fingerprint density at radius 2 is 1.94 bits per heavy atom. The van der Waals surface area contributed by atoms with E-state index < -0.39 is 0 Å². The van der Waals surface area contributed by atoms with Crippen LogP contribution in [0.4, 0.5) is 0 Å². The van der Waals surface area contributed by atoms with Gasteiger partial charge in [-0.3, -0.25) is 9.69 Å². The minimum atomic E-state index is -0.109. The first-order chi connectivity index (χ1) is 15.7. The Morgan fingerprint density at radius 3 is 2.72 bits per heavy atom. The molecule has 1 aromatic carbocycles. The second kappa shape index (κ2) is 9.45. The number of hydrogen-bond donors (Lipinski definition) is 1. The predicted octanol–water partition coefficient (Wildman–Crippen LogP) is 4.33. The number of H-pyrrole nitrogens is 1. The van der Waals surface area contributed by atoms with Crippen molar-refractivity contribution in [2.75, 3.05) is 26.2 Å². The lowest BCUT2D eigenvalue weighted by Gasteiger charge is -2.26. The maximum atomic E-state index is 13.0. The number of nitrogens with zero attached hydrogens (tertiary/aromatic N) is 4. The molecule has 2 aliphatic rings. The van der Waals surface area contributed by atoms with Crippen LogP contribution in [-0.4, -0.2) is 50.9 Å². The van der Waals surface area contributed by atoms with E-state index in [1.54, 1.807) is 0 Å². The van der Waals surface area contributed by atoms with E-state index in [2.05, 4.69) is 9.88 Å². The maximum Gasteiger partial charge on any atom is 0.262 e. The summed E-state index contributed by atoms with van der Waals surface area (Å²) in [6, 6.07) is 8.20. The highest BCUT2D eigenvalue weighted by molar-refractivity contribution is 5.79. The van der Waals surface area contributed by atoms with Crippen LogP contribution in [0.15, 0.2) is 29.1 Å². The van der Waals surface area contributed by atoms with Crippen molar-refractivity contribution in [2.24, 2.45) is 0 Å². The van der Waals surface area contributed by atoms with Crippen LogP contribution in [0.2, 0.25) is 0 Å². The van der Waals surface area contributed by atoms with E-state index in [1.165, 1.54) is 45.2 Å². The van der Waals surface area contributed by atoms with Crippen molar-refractivity contribution in [3.8, 4) is 17.1 Å². The number of fused-ring (bicyclic) bond motifs is 1. The molecule has 0 atom stereocenters. The van der Waals surface area contributed by atoms with Crippen LogP contribution in [0.25, 0.3) is 22.4 Å². The fourth-order valence-electron chi connectivity index (χ4n) is 5.11. The highest BCUT2D eigenvalue weighted by Gasteiger charge is 2.24. The Bertz CT molecular complexity index is 1120. The molecule has 2 aromatic heterocycles. The van der Waals surface area contributed by atoms with E-state index in [0.717, 1.165) is 42.8 Å². The quantitative estimate of drug-likeness (QED) is 0.598. The zero-order valence-electron chi connectivity index (χ0n) is 19.0. The van der Waals surface area contributed by atoms with Gasteiger partial charge >= 0.3 is 0 Å². The highest BCUT2D eigenvalue weighted by atomic mass is 16.5. The summed E-state index contributed by atoms with van der Waals surface area (Å²) in [5.41, 5.74) is 2.30. The lowest BCUT2D eigenvalue weighted by molar-refractivity contribution is 0.183. The topological polar surface area (TPSA) is 76.0 Å². The summed E-state index contributed by atoms with van der Waals surface area (Å²) in [6.07, 6.45) is 9.26. The van der Waals surface area contributed by atoms with Gasteiger partial charge in [0.25, 0.3) is 5.56 Å². The van der Waals surface area contributed by atoms with Gasteiger partial charge in [0.1, 0.15) is 23.6 Å². The molecule has 7 nitrogen and oxygen atoms in total. The van der Waals surface area contributed by atoms with Crippen LogP contribution in [0.1, 0.15) is 63.6 Å². The minimum absolute atomic E-state index is 0.109. The third kappa shape index (κ3) is 4.31. The van der Waals surface area contributed by atoms with Crippen LogP contribution in [0.5, 0.6) is 5.75 Å². The molecule has 3 heterocycles. The van der Waals surface area contributed by atoms with Gasteiger partial charge in [0, 0.05) is 12.1 Å². The fraction of sp³-hybridized carbons (Fsp3) is 0.560. The van der Waals surface area contributed by atoms with Gasteiger partial charge in [-0.05, 0) is 57.3 Å². The molecule has 2 fully saturated rings. The average Bonchev–Trinajstić information content (AvgIpc) is 3.48. The van der Waals surface area contributed by atoms with Gasteiger partial charge in [0.2, 0.25) is 0 Å². The number of nitrogens with one attached hydrogen (secondary N) is 1. The summed E-state index contributed by atoms with van der Waals surface area (Å²) in [6.45, 7) is 6.00. The first kappa shape index (κ1) is 21.2. The van der Waals surface area contributed by atoms with Crippen molar-refractivity contribution in [3.05, 3.63) is 40.3 Å². The van der Waals surface area contributed by atoms with Gasteiger partial charge < -0.3 is 9.72 Å². The van der Waals surface area contributed by atoms with Gasteiger partial charge in [0.15, 0.2) is 5.65 Å². The summed E-state index contributed by atoms with van der Waals surface area (Å²) >= 11 is 0. The van der Waals surface area contributed by atoms with Crippen LogP contribution in [0.3, 0.4) is 0 Å². The van der Waals surface area contributed by atoms with E-state index in [4.69, 9.17) is 14.8 Å². The second-order valence-electron chi connectivity index (χ2n) is 9.07. The van der Waals surface area contributed by atoms with Crippen LogP contribution < -0.4 is 10.3 Å². The molecule has 1 aliphatic carbocycles. The maximum absolute atomic E-state index is 13.0. The van der Waals surface area contributed by atoms with Crippen molar-refractivity contribution >= 4 is 11.0 Å². The number of aromatic amines is 1. The van der Waals surface area contributed by atoms with Crippen LogP contribution in [-0.2, 0) is 6.42 Å². The molecule has 0 spiro atoms. The molecule has 3 aromatic rings. The molecule has 0 amide bonds.